The Balaban J connectivity index is 0.000000153. The largest absolute Gasteiger partial charge is 0.336 e. The normalized spacial score (nSPS) is 32.6. The van der Waals surface area contributed by atoms with Gasteiger partial charge >= 0.3 is 6.03 Å². The molecule has 2 amide bonds. The molecule has 3 aromatic heterocycles. The van der Waals surface area contributed by atoms with E-state index < -0.39 is 0 Å². The molecule has 20 heteroatoms. The highest BCUT2D eigenvalue weighted by Crippen LogP contribution is 2.52. The number of alkyl halides is 1. The van der Waals surface area contributed by atoms with Gasteiger partial charge in [0.15, 0.2) is 5.15 Å². The average Bonchev–Trinajstić information content (AvgIpc) is 1.53. The fourth-order valence-corrected chi connectivity index (χ4v) is 24.4. The highest BCUT2D eigenvalue weighted by molar-refractivity contribution is 14.1. The minimum atomic E-state index is -0.217. The number of carbonyl (C=O) groups is 1. The highest BCUT2D eigenvalue weighted by atomic mass is 127. The van der Waals surface area contributed by atoms with Gasteiger partial charge in [0.2, 0.25) is 5.82 Å². The number of aryl methyl sites for hydroxylation is 1. The summed E-state index contributed by atoms with van der Waals surface area (Å²) in [6, 6.07) is 30.6. The first-order valence-electron chi connectivity index (χ1n) is 42.1. The summed E-state index contributed by atoms with van der Waals surface area (Å²) in [5.41, 5.74) is 21.6. The second-order valence-corrected chi connectivity index (χ2v) is 34.6. The lowest BCUT2D eigenvalue weighted by molar-refractivity contribution is -0.0487. The Kier molecular flexibility index (Phi) is 29.3. The number of hydrogen-bond donors (Lipinski definition) is 4. The zero-order chi connectivity index (χ0) is 72.2. The Morgan fingerprint density at radius 2 is 0.741 bits per heavy atom. The van der Waals surface area contributed by atoms with Gasteiger partial charge in [-0.2, -0.15) is 0 Å². The molecule has 108 heavy (non-hydrogen) atoms. The second kappa shape index (κ2) is 38.3. The van der Waals surface area contributed by atoms with Crippen molar-refractivity contribution in [2.75, 3.05) is 42.5 Å². The molecular formula is C88H136ClIN14O4. The van der Waals surface area contributed by atoms with Crippen LogP contribution in [0, 0.1) is 35.5 Å². The summed E-state index contributed by atoms with van der Waals surface area (Å²) < 4.78 is 12.3. The number of fused-ring (bicyclic) bond motifs is 15. The molecule has 13 fully saturated rings. The first kappa shape index (κ1) is 82.6. The summed E-state index contributed by atoms with van der Waals surface area (Å²) >= 11 is 8.24. The summed E-state index contributed by atoms with van der Waals surface area (Å²) in [6.45, 7) is 2.84. The number of hydrogen-bond acceptors (Lipinski definition) is 13. The molecule has 10 heterocycles. The molecule has 19 rings (SSSR count). The third-order valence-electron chi connectivity index (χ3n) is 28.0. The van der Waals surface area contributed by atoms with E-state index >= 15 is 0 Å². The lowest BCUT2D eigenvalue weighted by Crippen LogP contribution is -2.58. The number of rotatable bonds is 11. The molecule has 18 atom stereocenters. The summed E-state index contributed by atoms with van der Waals surface area (Å²) in [4.78, 5) is 77.7. The SMILES string of the molecule is C.C.C.C.NCCCc1nc2ccccc2n(C2C[C@H]3CCC[C@@H](C2)N3C2C[C@H]3CCC[C@@H](C2)C3)c1=O.NCCN.O=C1NCCN1c1nc2ccccc2n(C2C[C@H]3CCC[C@@H](C2)N3C2C[C@H]3CCC[C@@H](C2)C3)c1=O.O=c1c(Cl)nc2ccccc2n1C1C[C@H]2CCC[C@@H](C1)N2C1C[C@H]2CCC[C@@H](C1)C2.[2H]CI. The van der Waals surface area contributed by atoms with Crippen LogP contribution in [0.2, 0.25) is 5.15 Å². The van der Waals surface area contributed by atoms with Crippen molar-refractivity contribution in [2.24, 2.45) is 52.7 Å². The molecule has 7 N–H and O–H groups in total. The predicted molar refractivity (Wildman–Crippen MR) is 456 cm³/mol. The number of urea groups is 1. The van der Waals surface area contributed by atoms with Crippen LogP contribution in [-0.2, 0) is 6.42 Å². The van der Waals surface area contributed by atoms with E-state index in [1.165, 1.54) is 178 Å². The van der Waals surface area contributed by atoms with Gasteiger partial charge in [0.1, 0.15) is 5.69 Å². The number of carbonyl (C=O) groups excluding carboxylic acids is 1. The van der Waals surface area contributed by atoms with Gasteiger partial charge in [-0.1, -0.05) is 177 Å². The van der Waals surface area contributed by atoms with Crippen LogP contribution in [0.4, 0.5) is 10.6 Å². The van der Waals surface area contributed by atoms with Gasteiger partial charge < -0.3 is 36.2 Å². The van der Waals surface area contributed by atoms with Gasteiger partial charge in [0.25, 0.3) is 16.7 Å². The molecule has 0 radical (unpaired) electrons. The van der Waals surface area contributed by atoms with Crippen LogP contribution in [0.1, 0.15) is 273 Å². The van der Waals surface area contributed by atoms with E-state index in [-0.39, 0.29) is 81.5 Å². The molecule has 6 aliphatic carbocycles. The number of amides is 2. The van der Waals surface area contributed by atoms with Crippen molar-refractivity contribution < 1.29 is 6.17 Å². The van der Waals surface area contributed by atoms with Gasteiger partial charge in [0.05, 0.1) is 33.1 Å². The molecule has 0 spiro atoms. The first-order chi connectivity index (χ1) is 51.4. The summed E-state index contributed by atoms with van der Waals surface area (Å²) in [5.74, 6) is 6.03. The molecule has 12 bridgehead atoms. The number of benzene rings is 3. The Labute approximate surface area is 666 Å². The quantitative estimate of drug-likeness (QED) is 0.0700. The van der Waals surface area contributed by atoms with Gasteiger partial charge in [0, 0.05) is 100 Å². The molecular weight excluding hydrogens is 1480 g/mol. The fourth-order valence-electron chi connectivity index (χ4n) is 24.2. The van der Waals surface area contributed by atoms with Crippen LogP contribution in [0.25, 0.3) is 33.1 Å². The van der Waals surface area contributed by atoms with E-state index in [0.717, 1.165) is 132 Å². The molecule has 3 aromatic carbocycles. The van der Waals surface area contributed by atoms with Crippen molar-refractivity contribution in [1.82, 2.24) is 48.7 Å². The molecule has 596 valence electrons. The number of nitrogens with two attached hydrogens (primary N) is 3. The minimum absolute atomic E-state index is 0. The zero-order valence-corrected chi connectivity index (χ0v) is 64.8. The fraction of sp³-hybridized carbons (Fsp3) is 0.716. The van der Waals surface area contributed by atoms with Crippen molar-refractivity contribution in [3.63, 3.8) is 0 Å². The topological polar surface area (TPSA) is 225 Å². The van der Waals surface area contributed by atoms with E-state index in [0.29, 0.717) is 86.0 Å². The first-order valence-corrected chi connectivity index (χ1v) is 43.3. The van der Waals surface area contributed by atoms with Crippen LogP contribution < -0.4 is 44.1 Å². The molecule has 13 aliphatic rings. The number of anilines is 1. The number of halogens is 2. The minimum Gasteiger partial charge on any atom is -0.336 e. The number of nitrogens with one attached hydrogen (secondary N) is 1. The van der Waals surface area contributed by atoms with Crippen molar-refractivity contribution in [3.8, 4) is 0 Å². The van der Waals surface area contributed by atoms with Crippen molar-refractivity contribution in [3.05, 3.63) is 115 Å². The maximum Gasteiger partial charge on any atom is 0.323 e. The molecule has 6 unspecified atom stereocenters. The van der Waals surface area contributed by atoms with E-state index in [1.807, 2.05) is 86.3 Å². The predicted octanol–water partition coefficient (Wildman–Crippen LogP) is 17.3. The van der Waals surface area contributed by atoms with Crippen LogP contribution in [0.15, 0.2) is 87.2 Å². The monoisotopic (exact) mass is 1620 g/mol. The van der Waals surface area contributed by atoms with E-state index in [1.54, 1.807) is 0 Å². The second-order valence-electron chi connectivity index (χ2n) is 34.2. The molecule has 18 nitrogen and oxygen atoms in total. The zero-order valence-electron chi connectivity index (χ0n) is 62.9. The third-order valence-corrected chi connectivity index (χ3v) is 28.2. The molecule has 6 saturated carbocycles. The van der Waals surface area contributed by atoms with E-state index in [2.05, 4.69) is 52.8 Å². The Bertz CT molecular complexity index is 4060. The van der Waals surface area contributed by atoms with E-state index in [4.69, 9.17) is 35.2 Å². The van der Waals surface area contributed by atoms with E-state index in [9.17, 15) is 19.2 Å². The number of aromatic nitrogens is 6. The Morgan fingerprint density at radius 3 is 1.08 bits per heavy atom. The lowest BCUT2D eigenvalue weighted by Gasteiger charge is -2.55. The van der Waals surface area contributed by atoms with Crippen LogP contribution in [0.5, 0.6) is 0 Å². The molecule has 7 saturated heterocycles. The summed E-state index contributed by atoms with van der Waals surface area (Å²) in [5, 5.41) is 2.94. The van der Waals surface area contributed by atoms with Gasteiger partial charge in [-0.3, -0.25) is 34.0 Å². The number of piperidine rings is 6. The Morgan fingerprint density at radius 1 is 0.417 bits per heavy atom. The van der Waals surface area contributed by atoms with Crippen LogP contribution >= 0.6 is 34.2 Å². The van der Waals surface area contributed by atoms with Gasteiger partial charge in [-0.15, -0.1) is 0 Å². The summed E-state index contributed by atoms with van der Waals surface area (Å²) in [7, 11) is 0. The number of para-hydroxylation sites is 6. The van der Waals surface area contributed by atoms with Crippen LogP contribution in [0.3, 0.4) is 0 Å². The van der Waals surface area contributed by atoms with Crippen molar-refractivity contribution >= 4 is 79.1 Å². The van der Waals surface area contributed by atoms with Crippen LogP contribution in [-0.4, -0.2) is 141 Å². The summed E-state index contributed by atoms with van der Waals surface area (Å²) in [6.07, 6.45) is 45.6. The maximum atomic E-state index is 13.9. The smallest absolute Gasteiger partial charge is 0.323 e. The van der Waals surface area contributed by atoms with Crippen molar-refractivity contribution in [1.29, 1.82) is 0 Å². The lowest BCUT2D eigenvalue weighted by atomic mass is 9.68. The highest BCUT2D eigenvalue weighted by Gasteiger charge is 2.50. The molecule has 7 aliphatic heterocycles. The number of nitrogens with zero attached hydrogens (tertiary/aromatic N) is 10. The molecule has 6 aromatic rings. The maximum absolute atomic E-state index is 13.9. The standard InChI is InChI=1S/C28H37N5O2.C28H40N4O.C25H32ClN3O.C2H8N2.CH3I.4CH4/c34-27-26(31-12-11-29-28(31)35)30-24-9-1-2-10-25(24)33(27)23-16-20-7-4-8-21(17-23)32(20)22-14-18-5-3-6-19(13-18)15-22;29-13-5-11-26-28(33)32(27-12-2-1-10-25(27)30-26)24-17-21-8-4-9-22(18-24)31(21)23-15-19-6-3-7-20(14-19)16-23;26-24-25(30)29(23-10-2-1-9-22(23)27-24)21-14-18-7-4-8-19(15-21)28(18)20-12-16-5-3-6-17(11-16)13-20;3-1-2-4;1-2;;;;/h1-2,9-10,18-23H,3-8,11-17H2,(H,29,35);1-2,10,12,19-24H,3-9,11,13-18,29H2;1-2,9-10,16-21H,3-8,11-15H2;1-4H2;1H3;4*1H4/t18-,19+,20-,21+,22?,23?;19-,20+,21-,22+,23?,24?;16-,17+,18-,19+,20?,21?;;;;;;/i;;;;1D;;;;. The van der Waals surface area contributed by atoms with Gasteiger partial charge in [-0.05, 0) is 231 Å². The Hall–Kier alpha value is -4.87. The average molecular weight is 1620 g/mol. The van der Waals surface area contributed by atoms with Crippen molar-refractivity contribution in [2.45, 2.75) is 327 Å². The van der Waals surface area contributed by atoms with Gasteiger partial charge in [-0.25, -0.2) is 19.7 Å². The third kappa shape index (κ3) is 17.7.